The maximum atomic E-state index is 13.8. The Bertz CT molecular complexity index is 577. The van der Waals surface area contributed by atoms with Crippen molar-refractivity contribution in [2.75, 3.05) is 43.2 Å². The van der Waals surface area contributed by atoms with Crippen molar-refractivity contribution in [1.29, 1.82) is 0 Å². The molecule has 0 saturated carbocycles. The van der Waals surface area contributed by atoms with E-state index in [4.69, 9.17) is 23.1 Å². The van der Waals surface area contributed by atoms with Crippen molar-refractivity contribution in [3.63, 3.8) is 0 Å². The van der Waals surface area contributed by atoms with Gasteiger partial charge in [-0.05, 0) is 6.07 Å². The molecule has 0 heterocycles. The molecule has 0 spiro atoms. The van der Waals surface area contributed by atoms with Gasteiger partial charge in [0.05, 0.1) is 22.8 Å². The molecule has 0 fully saturated rings. The molecule has 9 heteroatoms. The van der Waals surface area contributed by atoms with E-state index in [1.54, 1.807) is 0 Å². The second kappa shape index (κ2) is 5.81. The summed E-state index contributed by atoms with van der Waals surface area (Å²) in [6, 6.07) is 1.31. The van der Waals surface area contributed by atoms with Crippen LogP contribution in [0.5, 0.6) is 0 Å². The van der Waals surface area contributed by atoms with Crippen molar-refractivity contribution >= 4 is 38.7 Å². The van der Waals surface area contributed by atoms with Crippen LogP contribution in [-0.2, 0) is 10.0 Å². The number of nitrogens with one attached hydrogen (secondary N) is 1. The molecule has 6 nitrogen and oxygen atoms in total. The minimum atomic E-state index is -3.36. The van der Waals surface area contributed by atoms with E-state index in [9.17, 15) is 12.8 Å². The van der Waals surface area contributed by atoms with Crippen molar-refractivity contribution in [2.45, 2.75) is 0 Å². The third-order valence-electron chi connectivity index (χ3n) is 2.48. The number of nitrogen functional groups attached to an aromatic ring is 2. The van der Waals surface area contributed by atoms with Crippen molar-refractivity contribution in [1.82, 2.24) is 4.31 Å². The lowest BCUT2D eigenvalue weighted by Gasteiger charge is -2.15. The molecule has 108 valence electrons. The summed E-state index contributed by atoms with van der Waals surface area (Å²) in [5.41, 5.74) is 11.1. The van der Waals surface area contributed by atoms with Gasteiger partial charge in [-0.2, -0.15) is 0 Å². The zero-order valence-electron chi connectivity index (χ0n) is 10.6. The van der Waals surface area contributed by atoms with E-state index in [2.05, 4.69) is 5.32 Å². The number of anilines is 3. The Morgan fingerprint density at radius 1 is 1.37 bits per heavy atom. The Morgan fingerprint density at radius 3 is 2.47 bits per heavy atom. The fraction of sp³-hybridized carbons (Fsp3) is 0.400. The molecule has 0 amide bonds. The molecule has 0 aromatic heterocycles. The van der Waals surface area contributed by atoms with Crippen molar-refractivity contribution in [2.24, 2.45) is 0 Å². The molecule has 0 bridgehead atoms. The molecule has 0 unspecified atom stereocenters. The zero-order chi connectivity index (χ0) is 14.8. The fourth-order valence-electron chi connectivity index (χ4n) is 1.33. The molecule has 0 saturated heterocycles. The minimum Gasteiger partial charge on any atom is -0.397 e. The van der Waals surface area contributed by atoms with Crippen LogP contribution in [0, 0.1) is 5.82 Å². The van der Waals surface area contributed by atoms with Crippen molar-refractivity contribution < 1.29 is 12.8 Å². The summed E-state index contributed by atoms with van der Waals surface area (Å²) in [7, 11) is -0.520. The molecular formula is C10H16ClFN4O2S. The molecule has 1 aromatic rings. The third-order valence-corrected chi connectivity index (χ3v) is 4.70. The van der Waals surface area contributed by atoms with Crippen LogP contribution in [0.2, 0.25) is 5.02 Å². The third kappa shape index (κ3) is 3.62. The zero-order valence-corrected chi connectivity index (χ0v) is 12.1. The lowest BCUT2D eigenvalue weighted by Crippen LogP contribution is -2.28. The number of benzene rings is 1. The number of nitrogens with two attached hydrogens (primary N) is 2. The molecular weight excluding hydrogens is 295 g/mol. The normalized spacial score (nSPS) is 11.8. The molecule has 1 aromatic carbocycles. The summed E-state index contributed by atoms with van der Waals surface area (Å²) < 4.78 is 37.9. The molecule has 0 aliphatic heterocycles. The average Bonchev–Trinajstić information content (AvgIpc) is 2.30. The Hall–Kier alpha value is -1.25. The van der Waals surface area contributed by atoms with E-state index in [-0.39, 0.29) is 34.4 Å². The number of halogens is 2. The highest BCUT2D eigenvalue weighted by Gasteiger charge is 2.16. The summed E-state index contributed by atoms with van der Waals surface area (Å²) in [6.07, 6.45) is 0. The summed E-state index contributed by atoms with van der Waals surface area (Å²) in [5, 5.41) is 2.37. The Kier molecular flexibility index (Phi) is 4.83. The van der Waals surface area contributed by atoms with E-state index in [0.29, 0.717) is 0 Å². The van der Waals surface area contributed by atoms with Gasteiger partial charge in [-0.1, -0.05) is 11.6 Å². The second-order valence-electron chi connectivity index (χ2n) is 4.08. The summed E-state index contributed by atoms with van der Waals surface area (Å²) in [5.74, 6) is -0.984. The van der Waals surface area contributed by atoms with E-state index in [1.807, 2.05) is 0 Å². The lowest BCUT2D eigenvalue weighted by molar-refractivity contribution is 0.521. The van der Waals surface area contributed by atoms with E-state index >= 15 is 0 Å². The summed E-state index contributed by atoms with van der Waals surface area (Å²) in [4.78, 5) is 0. The number of sulfonamides is 1. The van der Waals surface area contributed by atoms with Crippen molar-refractivity contribution in [3.8, 4) is 0 Å². The van der Waals surface area contributed by atoms with Gasteiger partial charge in [-0.3, -0.25) is 0 Å². The number of hydrogen-bond acceptors (Lipinski definition) is 5. The standard InChI is InChI=1S/C10H16ClFN4O2S/c1-16(2)19(17,18)4-3-15-10-7(14)5-6(13)8(11)9(10)12/h5,15H,3-4,13-14H2,1-2H3. The predicted molar refractivity (Wildman–Crippen MR) is 76.2 cm³/mol. The van der Waals surface area contributed by atoms with Crippen LogP contribution < -0.4 is 16.8 Å². The molecule has 0 radical (unpaired) electrons. The van der Waals surface area contributed by atoms with Crippen LogP contribution in [0.4, 0.5) is 21.5 Å². The van der Waals surface area contributed by atoms with Gasteiger partial charge in [0.2, 0.25) is 10.0 Å². The van der Waals surface area contributed by atoms with Gasteiger partial charge in [-0.25, -0.2) is 17.1 Å². The number of rotatable bonds is 5. The maximum Gasteiger partial charge on any atom is 0.215 e. The van der Waals surface area contributed by atoms with Gasteiger partial charge >= 0.3 is 0 Å². The van der Waals surface area contributed by atoms with Gasteiger partial charge in [0.15, 0.2) is 5.82 Å². The van der Waals surface area contributed by atoms with Gasteiger partial charge in [0, 0.05) is 20.6 Å². The van der Waals surface area contributed by atoms with E-state index in [1.165, 1.54) is 20.2 Å². The molecule has 1 rings (SSSR count). The topological polar surface area (TPSA) is 101 Å². The lowest BCUT2D eigenvalue weighted by atomic mass is 10.2. The van der Waals surface area contributed by atoms with Crippen LogP contribution in [-0.4, -0.2) is 39.1 Å². The summed E-state index contributed by atoms with van der Waals surface area (Å²) in [6.45, 7) is 0.00187. The monoisotopic (exact) mass is 310 g/mol. The number of hydrogen-bond donors (Lipinski definition) is 3. The van der Waals surface area contributed by atoms with Gasteiger partial charge in [0.25, 0.3) is 0 Å². The Labute approximate surface area is 116 Å². The first-order chi connectivity index (χ1) is 8.66. The highest BCUT2D eigenvalue weighted by Crippen LogP contribution is 2.33. The summed E-state index contributed by atoms with van der Waals surface area (Å²) >= 11 is 5.65. The van der Waals surface area contributed by atoms with Crippen LogP contribution in [0.1, 0.15) is 0 Å². The number of nitrogens with zero attached hydrogens (tertiary/aromatic N) is 1. The molecule has 0 aliphatic carbocycles. The first kappa shape index (κ1) is 15.8. The SMILES string of the molecule is CN(C)S(=O)(=O)CCNc1c(N)cc(N)c(Cl)c1F. The molecule has 0 atom stereocenters. The van der Waals surface area contributed by atoms with Crippen LogP contribution in [0.25, 0.3) is 0 Å². The van der Waals surface area contributed by atoms with Crippen molar-refractivity contribution in [3.05, 3.63) is 16.9 Å². The average molecular weight is 311 g/mol. The maximum absolute atomic E-state index is 13.8. The largest absolute Gasteiger partial charge is 0.397 e. The first-order valence-corrected chi connectivity index (χ1v) is 7.32. The smallest absolute Gasteiger partial charge is 0.215 e. The van der Waals surface area contributed by atoms with E-state index < -0.39 is 15.8 Å². The van der Waals surface area contributed by atoms with Crippen LogP contribution in [0.3, 0.4) is 0 Å². The second-order valence-corrected chi connectivity index (χ2v) is 6.76. The Morgan fingerprint density at radius 2 is 1.95 bits per heavy atom. The highest BCUT2D eigenvalue weighted by molar-refractivity contribution is 7.89. The molecule has 5 N–H and O–H groups in total. The highest BCUT2D eigenvalue weighted by atomic mass is 35.5. The van der Waals surface area contributed by atoms with Gasteiger partial charge < -0.3 is 16.8 Å². The fourth-order valence-corrected chi connectivity index (χ4v) is 2.21. The Balaban J connectivity index is 2.83. The predicted octanol–water partition coefficient (Wildman–Crippen LogP) is 0.947. The molecule has 0 aliphatic rings. The quantitative estimate of drug-likeness (QED) is 0.703. The van der Waals surface area contributed by atoms with Crippen LogP contribution in [0.15, 0.2) is 6.07 Å². The molecule has 19 heavy (non-hydrogen) atoms. The van der Waals surface area contributed by atoms with Crippen LogP contribution >= 0.6 is 11.6 Å². The minimum absolute atomic E-state index is 0.00187. The first-order valence-electron chi connectivity index (χ1n) is 5.34. The van der Waals surface area contributed by atoms with Gasteiger partial charge in [0.1, 0.15) is 5.02 Å². The van der Waals surface area contributed by atoms with Gasteiger partial charge in [-0.15, -0.1) is 0 Å². The van der Waals surface area contributed by atoms with E-state index in [0.717, 1.165) is 4.31 Å².